The SMILES string of the molecule is CCSc1nc(Cc2ccccc2)c(Cc2ccccc2)c(=O)[nH]1. The Morgan fingerprint density at radius 1 is 0.917 bits per heavy atom. The van der Waals surface area contributed by atoms with Crippen molar-refractivity contribution in [3.63, 3.8) is 0 Å². The lowest BCUT2D eigenvalue weighted by Gasteiger charge is -2.10. The lowest BCUT2D eigenvalue weighted by molar-refractivity contribution is 0.842. The number of aromatic amines is 1. The summed E-state index contributed by atoms with van der Waals surface area (Å²) >= 11 is 1.56. The summed E-state index contributed by atoms with van der Waals surface area (Å²) in [6.07, 6.45) is 1.27. The van der Waals surface area contributed by atoms with Gasteiger partial charge >= 0.3 is 0 Å². The monoisotopic (exact) mass is 336 g/mol. The maximum Gasteiger partial charge on any atom is 0.255 e. The van der Waals surface area contributed by atoms with Crippen LogP contribution in [0.5, 0.6) is 0 Å². The first-order chi connectivity index (χ1) is 11.8. The fraction of sp³-hybridized carbons (Fsp3) is 0.200. The number of aromatic nitrogens is 2. The van der Waals surface area contributed by atoms with Crippen molar-refractivity contribution in [3.8, 4) is 0 Å². The molecule has 0 aliphatic rings. The molecule has 122 valence electrons. The lowest BCUT2D eigenvalue weighted by Crippen LogP contribution is -2.19. The summed E-state index contributed by atoms with van der Waals surface area (Å²) in [5.41, 5.74) is 3.87. The zero-order valence-corrected chi connectivity index (χ0v) is 14.5. The first-order valence-corrected chi connectivity index (χ1v) is 9.07. The number of hydrogen-bond acceptors (Lipinski definition) is 3. The van der Waals surface area contributed by atoms with Crippen LogP contribution in [0, 0.1) is 0 Å². The van der Waals surface area contributed by atoms with Gasteiger partial charge in [-0.05, 0) is 16.9 Å². The van der Waals surface area contributed by atoms with Gasteiger partial charge in [-0.3, -0.25) is 4.79 Å². The minimum absolute atomic E-state index is 0.0317. The quantitative estimate of drug-likeness (QED) is 0.545. The number of H-pyrrole nitrogens is 1. The molecule has 0 saturated carbocycles. The third-order valence-corrected chi connectivity index (χ3v) is 4.55. The molecule has 0 bridgehead atoms. The summed E-state index contributed by atoms with van der Waals surface area (Å²) in [6, 6.07) is 20.2. The molecule has 3 rings (SSSR count). The molecule has 0 unspecified atom stereocenters. The van der Waals surface area contributed by atoms with Crippen molar-refractivity contribution in [2.45, 2.75) is 24.9 Å². The van der Waals surface area contributed by atoms with Gasteiger partial charge in [0, 0.05) is 18.4 Å². The molecule has 0 fully saturated rings. The van der Waals surface area contributed by atoms with E-state index in [2.05, 4.69) is 24.0 Å². The minimum Gasteiger partial charge on any atom is -0.301 e. The Morgan fingerprint density at radius 3 is 2.08 bits per heavy atom. The van der Waals surface area contributed by atoms with E-state index < -0.39 is 0 Å². The Morgan fingerprint density at radius 2 is 1.50 bits per heavy atom. The van der Waals surface area contributed by atoms with Crippen LogP contribution in [0.1, 0.15) is 29.3 Å². The van der Waals surface area contributed by atoms with Gasteiger partial charge in [-0.25, -0.2) is 4.98 Å². The predicted molar refractivity (Wildman–Crippen MR) is 99.8 cm³/mol. The number of rotatable bonds is 6. The molecular formula is C20H20N2OS. The zero-order chi connectivity index (χ0) is 16.8. The van der Waals surface area contributed by atoms with E-state index in [1.54, 1.807) is 11.8 Å². The van der Waals surface area contributed by atoms with Crippen molar-refractivity contribution in [3.05, 3.63) is 93.4 Å². The second-order valence-electron chi connectivity index (χ2n) is 5.55. The molecule has 1 heterocycles. The molecule has 0 radical (unpaired) electrons. The lowest BCUT2D eigenvalue weighted by atomic mass is 10.0. The summed E-state index contributed by atoms with van der Waals surface area (Å²) < 4.78 is 0. The maximum absolute atomic E-state index is 12.6. The smallest absolute Gasteiger partial charge is 0.255 e. The summed E-state index contributed by atoms with van der Waals surface area (Å²) in [5, 5.41) is 0.699. The molecule has 24 heavy (non-hydrogen) atoms. The van der Waals surface area contributed by atoms with E-state index in [9.17, 15) is 4.79 Å². The zero-order valence-electron chi connectivity index (χ0n) is 13.7. The molecule has 2 aromatic carbocycles. The number of benzene rings is 2. The van der Waals surface area contributed by atoms with Crippen LogP contribution >= 0.6 is 11.8 Å². The normalized spacial score (nSPS) is 10.7. The van der Waals surface area contributed by atoms with Gasteiger partial charge < -0.3 is 4.98 Å². The highest BCUT2D eigenvalue weighted by Gasteiger charge is 2.13. The van der Waals surface area contributed by atoms with Crippen LogP contribution in [0.3, 0.4) is 0 Å². The molecule has 0 aliphatic carbocycles. The highest BCUT2D eigenvalue weighted by atomic mass is 32.2. The van der Waals surface area contributed by atoms with Crippen molar-refractivity contribution in [2.75, 3.05) is 5.75 Å². The summed E-state index contributed by atoms with van der Waals surface area (Å²) in [5.74, 6) is 0.881. The summed E-state index contributed by atoms with van der Waals surface area (Å²) in [4.78, 5) is 20.3. The Kier molecular flexibility index (Phi) is 5.49. The topological polar surface area (TPSA) is 45.8 Å². The summed E-state index contributed by atoms with van der Waals surface area (Å²) in [7, 11) is 0. The molecule has 3 nitrogen and oxygen atoms in total. The molecule has 1 aromatic heterocycles. The third kappa shape index (κ3) is 4.15. The van der Waals surface area contributed by atoms with Gasteiger partial charge in [0.25, 0.3) is 5.56 Å². The highest BCUT2D eigenvalue weighted by Crippen LogP contribution is 2.17. The minimum atomic E-state index is -0.0317. The number of nitrogens with one attached hydrogen (secondary N) is 1. The van der Waals surface area contributed by atoms with Gasteiger partial charge in [0.2, 0.25) is 0 Å². The highest BCUT2D eigenvalue weighted by molar-refractivity contribution is 7.99. The van der Waals surface area contributed by atoms with Crippen molar-refractivity contribution in [2.24, 2.45) is 0 Å². The summed E-state index contributed by atoms with van der Waals surface area (Å²) in [6.45, 7) is 2.05. The third-order valence-electron chi connectivity index (χ3n) is 3.80. The Hall–Kier alpha value is -2.33. The van der Waals surface area contributed by atoms with Crippen molar-refractivity contribution in [1.82, 2.24) is 9.97 Å². The van der Waals surface area contributed by atoms with E-state index in [-0.39, 0.29) is 5.56 Å². The molecule has 4 heteroatoms. The first-order valence-electron chi connectivity index (χ1n) is 8.09. The van der Waals surface area contributed by atoms with Crippen molar-refractivity contribution < 1.29 is 0 Å². The predicted octanol–water partition coefficient (Wildman–Crippen LogP) is 4.06. The molecule has 0 atom stereocenters. The molecule has 0 saturated heterocycles. The average molecular weight is 336 g/mol. The molecule has 0 amide bonds. The molecule has 1 N–H and O–H groups in total. The number of nitrogens with zero attached hydrogens (tertiary/aromatic N) is 1. The maximum atomic E-state index is 12.6. The average Bonchev–Trinajstić information content (AvgIpc) is 2.60. The van der Waals surface area contributed by atoms with Gasteiger partial charge in [-0.1, -0.05) is 79.3 Å². The van der Waals surface area contributed by atoms with Crippen molar-refractivity contribution >= 4 is 11.8 Å². The molecule has 0 spiro atoms. The van der Waals surface area contributed by atoms with E-state index in [4.69, 9.17) is 4.98 Å². The van der Waals surface area contributed by atoms with Gasteiger partial charge in [0.1, 0.15) is 0 Å². The number of thioether (sulfide) groups is 1. The van der Waals surface area contributed by atoms with E-state index in [0.29, 0.717) is 18.0 Å². The van der Waals surface area contributed by atoms with Crippen LogP contribution in [0.2, 0.25) is 0 Å². The Balaban J connectivity index is 2.00. The molecule has 0 aliphatic heterocycles. The van der Waals surface area contributed by atoms with Gasteiger partial charge in [-0.15, -0.1) is 0 Å². The molecular weight excluding hydrogens is 316 g/mol. The van der Waals surface area contributed by atoms with Crippen LogP contribution in [-0.2, 0) is 12.8 Å². The van der Waals surface area contributed by atoms with Crippen molar-refractivity contribution in [1.29, 1.82) is 0 Å². The van der Waals surface area contributed by atoms with Crippen LogP contribution in [0.15, 0.2) is 70.6 Å². The molecule has 3 aromatic rings. The second kappa shape index (κ2) is 7.97. The fourth-order valence-corrected chi connectivity index (χ4v) is 3.26. The van der Waals surface area contributed by atoms with Crippen LogP contribution in [-0.4, -0.2) is 15.7 Å². The van der Waals surface area contributed by atoms with E-state index in [0.717, 1.165) is 28.1 Å². The first kappa shape index (κ1) is 16.5. The van der Waals surface area contributed by atoms with Gasteiger partial charge in [-0.2, -0.15) is 0 Å². The van der Waals surface area contributed by atoms with E-state index >= 15 is 0 Å². The van der Waals surface area contributed by atoms with E-state index in [1.807, 2.05) is 48.5 Å². The fourth-order valence-electron chi connectivity index (χ4n) is 2.64. The largest absolute Gasteiger partial charge is 0.301 e. The number of hydrogen-bond donors (Lipinski definition) is 1. The van der Waals surface area contributed by atoms with Crippen LogP contribution in [0.25, 0.3) is 0 Å². The van der Waals surface area contributed by atoms with Gasteiger partial charge in [0.05, 0.1) is 5.69 Å². The van der Waals surface area contributed by atoms with Gasteiger partial charge in [0.15, 0.2) is 5.16 Å². The van der Waals surface area contributed by atoms with E-state index in [1.165, 1.54) is 0 Å². The second-order valence-corrected chi connectivity index (χ2v) is 6.81. The standard InChI is InChI=1S/C20H20N2OS/c1-2-24-20-21-18(14-16-11-7-4-8-12-16)17(19(23)22-20)13-15-9-5-3-6-10-15/h3-12H,2,13-14H2,1H3,(H,21,22,23). The van der Waals surface area contributed by atoms with Crippen LogP contribution < -0.4 is 5.56 Å². The Labute approximate surface area is 146 Å². The van der Waals surface area contributed by atoms with Crippen LogP contribution in [0.4, 0.5) is 0 Å². The Bertz CT molecular complexity index is 845.